The predicted octanol–water partition coefficient (Wildman–Crippen LogP) is 4.45. The Morgan fingerprint density at radius 1 is 1.40 bits per heavy atom. The highest BCUT2D eigenvalue weighted by atomic mass is 79.9. The summed E-state index contributed by atoms with van der Waals surface area (Å²) in [7, 11) is 0. The van der Waals surface area contributed by atoms with Gasteiger partial charge in [0.15, 0.2) is 0 Å². The van der Waals surface area contributed by atoms with E-state index in [1.165, 1.54) is 18.2 Å². The van der Waals surface area contributed by atoms with Gasteiger partial charge in [0.2, 0.25) is 0 Å². The van der Waals surface area contributed by atoms with Crippen LogP contribution in [0.3, 0.4) is 0 Å². The van der Waals surface area contributed by atoms with Gasteiger partial charge in [-0.3, -0.25) is 4.79 Å². The van der Waals surface area contributed by atoms with Crippen molar-refractivity contribution in [3.63, 3.8) is 0 Å². The predicted molar refractivity (Wildman–Crippen MR) is 80.7 cm³/mol. The molecule has 104 valence electrons. The molecular formula is C14H11BrClFN2O. The van der Waals surface area contributed by atoms with Gasteiger partial charge in [-0.1, -0.05) is 18.5 Å². The number of rotatable bonds is 3. The summed E-state index contributed by atoms with van der Waals surface area (Å²) >= 11 is 8.92. The number of pyridine rings is 1. The van der Waals surface area contributed by atoms with Crippen molar-refractivity contribution >= 4 is 39.1 Å². The number of anilines is 1. The minimum atomic E-state index is -0.440. The molecule has 0 saturated heterocycles. The van der Waals surface area contributed by atoms with Crippen molar-refractivity contribution in [2.24, 2.45) is 0 Å². The Bertz CT molecular complexity index is 664. The average molecular weight is 358 g/mol. The number of hydrogen-bond acceptors (Lipinski definition) is 2. The van der Waals surface area contributed by atoms with Crippen molar-refractivity contribution in [1.29, 1.82) is 0 Å². The van der Waals surface area contributed by atoms with Crippen LogP contribution < -0.4 is 5.32 Å². The van der Waals surface area contributed by atoms with Crippen molar-refractivity contribution in [2.75, 3.05) is 5.32 Å². The third-order valence-corrected chi connectivity index (χ3v) is 3.49. The van der Waals surface area contributed by atoms with Gasteiger partial charge in [0, 0.05) is 16.9 Å². The van der Waals surface area contributed by atoms with E-state index in [1.54, 1.807) is 12.1 Å². The summed E-state index contributed by atoms with van der Waals surface area (Å²) in [4.78, 5) is 16.2. The highest BCUT2D eigenvalue weighted by Crippen LogP contribution is 2.20. The number of aromatic nitrogens is 1. The van der Waals surface area contributed by atoms with Gasteiger partial charge in [-0.05, 0) is 52.7 Å². The van der Waals surface area contributed by atoms with Crippen LogP contribution >= 0.6 is 27.5 Å². The minimum Gasteiger partial charge on any atom is -0.322 e. The molecule has 0 spiro atoms. The van der Waals surface area contributed by atoms with Crippen molar-refractivity contribution in [3.05, 3.63) is 57.0 Å². The molecule has 0 bridgehead atoms. The number of benzene rings is 1. The first kappa shape index (κ1) is 14.9. The minimum absolute atomic E-state index is 0.261. The summed E-state index contributed by atoms with van der Waals surface area (Å²) in [6.45, 7) is 1.92. The van der Waals surface area contributed by atoms with E-state index >= 15 is 0 Å². The fourth-order valence-corrected chi connectivity index (χ4v) is 2.11. The molecule has 0 aliphatic rings. The quantitative estimate of drug-likeness (QED) is 0.825. The Balaban J connectivity index is 2.23. The number of carbonyl (C=O) groups excluding carboxylic acids is 1. The van der Waals surface area contributed by atoms with Crippen LogP contribution in [0.5, 0.6) is 0 Å². The van der Waals surface area contributed by atoms with Crippen molar-refractivity contribution in [2.45, 2.75) is 13.3 Å². The Kier molecular flexibility index (Phi) is 4.73. The maximum Gasteiger partial charge on any atom is 0.255 e. The van der Waals surface area contributed by atoms with E-state index in [4.69, 9.17) is 11.6 Å². The lowest BCUT2D eigenvalue weighted by Crippen LogP contribution is -2.13. The normalized spacial score (nSPS) is 10.4. The second kappa shape index (κ2) is 6.33. The molecule has 6 heteroatoms. The van der Waals surface area contributed by atoms with Crippen LogP contribution in [0.25, 0.3) is 0 Å². The zero-order valence-corrected chi connectivity index (χ0v) is 12.9. The second-order valence-electron chi connectivity index (χ2n) is 4.11. The average Bonchev–Trinajstić information content (AvgIpc) is 2.42. The Hall–Kier alpha value is -1.46. The Morgan fingerprint density at radius 2 is 2.15 bits per heavy atom. The van der Waals surface area contributed by atoms with Crippen molar-refractivity contribution in [1.82, 2.24) is 4.98 Å². The van der Waals surface area contributed by atoms with Crippen LogP contribution in [0.4, 0.5) is 10.1 Å². The lowest BCUT2D eigenvalue weighted by molar-refractivity contribution is 0.102. The third kappa shape index (κ3) is 3.55. The standard InChI is InChI=1S/C14H11BrClFN2O/c1-2-9-5-8(6-13(16)18-9)14(20)19-10-3-4-11(15)12(17)7-10/h3-7H,2H2,1H3,(H,19,20). The second-order valence-corrected chi connectivity index (χ2v) is 5.35. The molecule has 1 aromatic heterocycles. The molecule has 3 nitrogen and oxygen atoms in total. The third-order valence-electron chi connectivity index (χ3n) is 2.65. The molecule has 2 rings (SSSR count). The maximum atomic E-state index is 13.4. The van der Waals surface area contributed by atoms with Crippen molar-refractivity contribution < 1.29 is 9.18 Å². The molecule has 0 unspecified atom stereocenters. The molecule has 0 atom stereocenters. The number of amides is 1. The van der Waals surface area contributed by atoms with Crippen molar-refractivity contribution in [3.8, 4) is 0 Å². The van der Waals surface area contributed by atoms with Crippen LogP contribution in [0.15, 0.2) is 34.8 Å². The first-order valence-electron chi connectivity index (χ1n) is 5.92. The summed E-state index contributed by atoms with van der Waals surface area (Å²) in [5, 5.41) is 2.88. The van der Waals surface area contributed by atoms with E-state index < -0.39 is 5.82 Å². The van der Waals surface area contributed by atoms with Gasteiger partial charge in [-0.15, -0.1) is 0 Å². The number of aryl methyl sites for hydroxylation is 1. The molecule has 0 fully saturated rings. The molecule has 0 aliphatic heterocycles. The summed E-state index contributed by atoms with van der Waals surface area (Å²) in [5.74, 6) is -0.796. The summed E-state index contributed by atoms with van der Waals surface area (Å²) < 4.78 is 13.7. The fraction of sp³-hybridized carbons (Fsp3) is 0.143. The van der Waals surface area contributed by atoms with E-state index in [-0.39, 0.29) is 11.1 Å². The van der Waals surface area contributed by atoms with Crippen LogP contribution in [0.1, 0.15) is 23.0 Å². The molecule has 1 heterocycles. The molecule has 1 N–H and O–H groups in total. The monoisotopic (exact) mass is 356 g/mol. The summed E-state index contributed by atoms with van der Waals surface area (Å²) in [6.07, 6.45) is 0.674. The number of nitrogens with zero attached hydrogens (tertiary/aromatic N) is 1. The molecular weight excluding hydrogens is 347 g/mol. The zero-order valence-electron chi connectivity index (χ0n) is 10.6. The van der Waals surface area contributed by atoms with E-state index in [9.17, 15) is 9.18 Å². The Labute approximate surface area is 129 Å². The smallest absolute Gasteiger partial charge is 0.255 e. The number of carbonyl (C=O) groups is 1. The maximum absolute atomic E-state index is 13.4. The van der Waals surface area contributed by atoms with Crippen LogP contribution in [-0.4, -0.2) is 10.9 Å². The van der Waals surface area contributed by atoms with Gasteiger partial charge in [0.25, 0.3) is 5.91 Å². The van der Waals surface area contributed by atoms with Gasteiger partial charge in [-0.25, -0.2) is 9.37 Å². The molecule has 0 radical (unpaired) electrons. The largest absolute Gasteiger partial charge is 0.322 e. The highest BCUT2D eigenvalue weighted by Gasteiger charge is 2.10. The van der Waals surface area contributed by atoms with Crippen LogP contribution in [-0.2, 0) is 6.42 Å². The van der Waals surface area contributed by atoms with Crippen LogP contribution in [0.2, 0.25) is 5.15 Å². The summed E-state index contributed by atoms with van der Waals surface area (Å²) in [5.41, 5.74) is 1.50. The first-order valence-corrected chi connectivity index (χ1v) is 7.09. The van der Waals surface area contributed by atoms with Crippen LogP contribution in [0, 0.1) is 5.82 Å². The lowest BCUT2D eigenvalue weighted by Gasteiger charge is -2.07. The zero-order chi connectivity index (χ0) is 14.7. The van der Waals surface area contributed by atoms with Gasteiger partial charge in [-0.2, -0.15) is 0 Å². The van der Waals surface area contributed by atoms with E-state index in [2.05, 4.69) is 26.2 Å². The molecule has 0 saturated carbocycles. The number of halogens is 3. The fourth-order valence-electron chi connectivity index (χ4n) is 1.64. The SMILES string of the molecule is CCc1cc(C(=O)Nc2ccc(Br)c(F)c2)cc(Cl)n1. The molecule has 0 aliphatic carbocycles. The van der Waals surface area contributed by atoms with E-state index in [1.807, 2.05) is 6.92 Å². The Morgan fingerprint density at radius 3 is 2.80 bits per heavy atom. The van der Waals surface area contributed by atoms with Gasteiger partial charge in [0.05, 0.1) is 4.47 Å². The molecule has 1 aromatic carbocycles. The van der Waals surface area contributed by atoms with E-state index in [0.29, 0.717) is 22.1 Å². The first-order chi connectivity index (χ1) is 9.49. The van der Waals surface area contributed by atoms with Gasteiger partial charge < -0.3 is 5.32 Å². The molecule has 2 aromatic rings. The molecule has 1 amide bonds. The number of hydrogen-bond donors (Lipinski definition) is 1. The van der Waals surface area contributed by atoms with Gasteiger partial charge in [0.1, 0.15) is 11.0 Å². The summed E-state index contributed by atoms with van der Waals surface area (Å²) in [6, 6.07) is 7.52. The number of nitrogens with one attached hydrogen (secondary N) is 1. The lowest BCUT2D eigenvalue weighted by atomic mass is 10.2. The van der Waals surface area contributed by atoms with Gasteiger partial charge >= 0.3 is 0 Å². The molecule has 20 heavy (non-hydrogen) atoms. The topological polar surface area (TPSA) is 42.0 Å². The van der Waals surface area contributed by atoms with E-state index in [0.717, 1.165) is 5.69 Å². The highest BCUT2D eigenvalue weighted by molar-refractivity contribution is 9.10.